The van der Waals surface area contributed by atoms with E-state index in [9.17, 15) is 4.79 Å². The number of nitrogens with one attached hydrogen (secondary N) is 1. The summed E-state index contributed by atoms with van der Waals surface area (Å²) in [6.07, 6.45) is 1.83. The number of aryl methyl sites for hydroxylation is 1. The first-order valence-electron chi connectivity index (χ1n) is 9.82. The number of rotatable bonds is 7. The molecule has 1 aromatic carbocycles. The lowest BCUT2D eigenvalue weighted by Gasteiger charge is -2.34. The number of methoxy groups -OCH3 is 2. The first-order valence-corrected chi connectivity index (χ1v) is 9.82. The molecule has 3 rings (SSSR count). The van der Waals surface area contributed by atoms with Crippen LogP contribution in [0.5, 0.6) is 11.5 Å². The molecule has 1 atom stereocenters. The van der Waals surface area contributed by atoms with Crippen LogP contribution in [0.4, 0.5) is 5.95 Å². The van der Waals surface area contributed by atoms with Crippen LogP contribution in [-0.2, 0) is 18.4 Å². The van der Waals surface area contributed by atoms with Crippen molar-refractivity contribution in [1.29, 1.82) is 0 Å². The van der Waals surface area contributed by atoms with Gasteiger partial charge >= 0.3 is 0 Å². The van der Waals surface area contributed by atoms with Gasteiger partial charge < -0.3 is 20.5 Å². The number of amides is 1. The van der Waals surface area contributed by atoms with E-state index >= 15 is 0 Å². The van der Waals surface area contributed by atoms with Crippen molar-refractivity contribution in [2.75, 3.05) is 33.0 Å². The highest BCUT2D eigenvalue weighted by atomic mass is 16.5. The van der Waals surface area contributed by atoms with Gasteiger partial charge in [-0.05, 0) is 50.6 Å². The Labute approximate surface area is 171 Å². The van der Waals surface area contributed by atoms with E-state index in [1.165, 1.54) is 0 Å². The van der Waals surface area contributed by atoms with Crippen LogP contribution in [0.3, 0.4) is 0 Å². The summed E-state index contributed by atoms with van der Waals surface area (Å²) < 4.78 is 12.2. The second-order valence-corrected chi connectivity index (χ2v) is 7.35. The van der Waals surface area contributed by atoms with E-state index in [4.69, 9.17) is 15.2 Å². The van der Waals surface area contributed by atoms with Gasteiger partial charge in [-0.1, -0.05) is 6.07 Å². The summed E-state index contributed by atoms with van der Waals surface area (Å²) in [4.78, 5) is 19.2. The Balaban J connectivity index is 1.50. The van der Waals surface area contributed by atoms with E-state index in [1.54, 1.807) is 25.9 Å². The summed E-state index contributed by atoms with van der Waals surface area (Å²) in [5.74, 6) is 2.86. The first kappa shape index (κ1) is 20.9. The highest BCUT2D eigenvalue weighted by molar-refractivity contribution is 5.81. The van der Waals surface area contributed by atoms with Crippen molar-refractivity contribution in [3.8, 4) is 11.5 Å². The van der Waals surface area contributed by atoms with E-state index in [0.29, 0.717) is 24.0 Å². The molecule has 1 fully saturated rings. The maximum absolute atomic E-state index is 12.6. The molecule has 0 bridgehead atoms. The van der Waals surface area contributed by atoms with Crippen molar-refractivity contribution in [2.45, 2.75) is 38.3 Å². The van der Waals surface area contributed by atoms with Gasteiger partial charge in [0.1, 0.15) is 0 Å². The van der Waals surface area contributed by atoms with Gasteiger partial charge in [0, 0.05) is 19.5 Å². The van der Waals surface area contributed by atoms with Crippen LogP contribution < -0.4 is 20.5 Å². The molecular weight excluding hydrogens is 372 g/mol. The number of carbonyl (C=O) groups is 1. The summed E-state index contributed by atoms with van der Waals surface area (Å²) in [6, 6.07) is 5.44. The van der Waals surface area contributed by atoms with E-state index < -0.39 is 0 Å². The Morgan fingerprint density at radius 3 is 2.55 bits per heavy atom. The van der Waals surface area contributed by atoms with Gasteiger partial charge in [-0.25, -0.2) is 4.68 Å². The van der Waals surface area contributed by atoms with Crippen molar-refractivity contribution >= 4 is 11.9 Å². The zero-order chi connectivity index (χ0) is 21.0. The van der Waals surface area contributed by atoms with E-state index in [0.717, 1.165) is 37.3 Å². The van der Waals surface area contributed by atoms with Crippen molar-refractivity contribution in [2.24, 2.45) is 7.05 Å². The molecule has 0 saturated carbocycles. The molecule has 2 heterocycles. The first-order chi connectivity index (χ1) is 13.9. The van der Waals surface area contributed by atoms with Crippen molar-refractivity contribution in [1.82, 2.24) is 25.0 Å². The molecule has 1 saturated heterocycles. The SMILES string of the molecule is COc1ccc(CNC(=O)C(C)N2CCC(c3nc(N)n(C)n3)CC2)cc1OC. The minimum absolute atomic E-state index is 0.0124. The number of aromatic nitrogens is 3. The highest BCUT2D eigenvalue weighted by Crippen LogP contribution is 2.28. The standard InChI is InChI=1S/C20H30N6O3/c1-13(19(27)22-12-14-5-6-16(28-3)17(11-14)29-4)26-9-7-15(8-10-26)18-23-20(21)25(2)24-18/h5-6,11,13,15H,7-10,12H2,1-4H3,(H,22,27)(H2,21,23,24). The van der Waals surface area contributed by atoms with Gasteiger partial charge in [-0.2, -0.15) is 10.1 Å². The van der Waals surface area contributed by atoms with Crippen LogP contribution in [0.1, 0.15) is 37.1 Å². The van der Waals surface area contributed by atoms with Crippen LogP contribution in [0.15, 0.2) is 18.2 Å². The predicted octanol–water partition coefficient (Wildman–Crippen LogP) is 1.30. The molecule has 1 aromatic heterocycles. The summed E-state index contributed by atoms with van der Waals surface area (Å²) in [6.45, 7) is 4.04. The smallest absolute Gasteiger partial charge is 0.237 e. The van der Waals surface area contributed by atoms with Gasteiger partial charge in [-0.3, -0.25) is 9.69 Å². The number of hydrogen-bond donors (Lipinski definition) is 2. The minimum atomic E-state index is -0.196. The molecule has 1 amide bonds. The summed E-state index contributed by atoms with van der Waals surface area (Å²) in [5.41, 5.74) is 6.75. The Morgan fingerprint density at radius 2 is 1.97 bits per heavy atom. The summed E-state index contributed by atoms with van der Waals surface area (Å²) >= 11 is 0. The zero-order valence-corrected chi connectivity index (χ0v) is 17.5. The molecular formula is C20H30N6O3. The number of nitrogens with two attached hydrogens (primary N) is 1. The van der Waals surface area contributed by atoms with Crippen molar-refractivity contribution in [3.05, 3.63) is 29.6 Å². The van der Waals surface area contributed by atoms with Gasteiger partial charge in [0.25, 0.3) is 0 Å². The average Bonchev–Trinajstić information content (AvgIpc) is 3.09. The number of benzene rings is 1. The molecule has 9 nitrogen and oxygen atoms in total. The monoisotopic (exact) mass is 402 g/mol. The highest BCUT2D eigenvalue weighted by Gasteiger charge is 2.29. The van der Waals surface area contributed by atoms with Crippen LogP contribution in [-0.4, -0.2) is 58.9 Å². The van der Waals surface area contributed by atoms with E-state index in [2.05, 4.69) is 20.3 Å². The largest absolute Gasteiger partial charge is 0.493 e. The maximum Gasteiger partial charge on any atom is 0.237 e. The van der Waals surface area contributed by atoms with Gasteiger partial charge in [0.05, 0.1) is 20.3 Å². The van der Waals surface area contributed by atoms with Crippen LogP contribution >= 0.6 is 0 Å². The van der Waals surface area contributed by atoms with E-state index in [-0.39, 0.29) is 17.9 Å². The second kappa shape index (κ2) is 9.13. The fourth-order valence-electron chi connectivity index (χ4n) is 3.63. The lowest BCUT2D eigenvalue weighted by molar-refractivity contribution is -0.126. The second-order valence-electron chi connectivity index (χ2n) is 7.35. The third-order valence-electron chi connectivity index (χ3n) is 5.55. The number of nitrogens with zero attached hydrogens (tertiary/aromatic N) is 4. The van der Waals surface area contributed by atoms with E-state index in [1.807, 2.05) is 25.1 Å². The molecule has 0 spiro atoms. The fraction of sp³-hybridized carbons (Fsp3) is 0.550. The van der Waals surface area contributed by atoms with Gasteiger partial charge in [-0.15, -0.1) is 0 Å². The molecule has 158 valence electrons. The van der Waals surface area contributed by atoms with Crippen molar-refractivity contribution in [3.63, 3.8) is 0 Å². The average molecular weight is 402 g/mol. The lowest BCUT2D eigenvalue weighted by atomic mass is 9.95. The number of hydrogen-bond acceptors (Lipinski definition) is 7. The molecule has 0 aliphatic carbocycles. The summed E-state index contributed by atoms with van der Waals surface area (Å²) in [5, 5.41) is 7.41. The van der Waals surface area contributed by atoms with Gasteiger partial charge in [0.15, 0.2) is 17.3 Å². The molecule has 1 aliphatic rings. The molecule has 29 heavy (non-hydrogen) atoms. The zero-order valence-electron chi connectivity index (χ0n) is 17.5. The quantitative estimate of drug-likeness (QED) is 0.719. The Bertz CT molecular complexity index is 825. The molecule has 2 aromatic rings. The summed E-state index contributed by atoms with van der Waals surface area (Å²) in [7, 11) is 5.00. The third-order valence-corrected chi connectivity index (χ3v) is 5.55. The number of carbonyl (C=O) groups excluding carboxylic acids is 1. The molecule has 3 N–H and O–H groups in total. The number of piperidine rings is 1. The number of anilines is 1. The normalized spacial score (nSPS) is 16.4. The van der Waals surface area contributed by atoms with Crippen LogP contribution in [0.2, 0.25) is 0 Å². The molecule has 9 heteroatoms. The molecule has 1 unspecified atom stereocenters. The topological polar surface area (TPSA) is 108 Å². The minimum Gasteiger partial charge on any atom is -0.493 e. The predicted molar refractivity (Wildman–Crippen MR) is 110 cm³/mol. The Kier molecular flexibility index (Phi) is 6.58. The fourth-order valence-corrected chi connectivity index (χ4v) is 3.63. The van der Waals surface area contributed by atoms with Crippen molar-refractivity contribution < 1.29 is 14.3 Å². The Morgan fingerprint density at radius 1 is 1.28 bits per heavy atom. The molecule has 1 aliphatic heterocycles. The third kappa shape index (κ3) is 4.79. The lowest BCUT2D eigenvalue weighted by Crippen LogP contribution is -2.47. The Hall–Kier alpha value is -2.81. The van der Waals surface area contributed by atoms with Gasteiger partial charge in [0.2, 0.25) is 11.9 Å². The number of likely N-dealkylation sites (tertiary alicyclic amines) is 1. The van der Waals surface area contributed by atoms with Crippen LogP contribution in [0, 0.1) is 0 Å². The molecule has 0 radical (unpaired) electrons. The number of nitrogen functional groups attached to an aromatic ring is 1. The maximum atomic E-state index is 12.6. The number of ether oxygens (including phenoxy) is 2. The van der Waals surface area contributed by atoms with Crippen LogP contribution in [0.25, 0.3) is 0 Å².